The van der Waals surface area contributed by atoms with Gasteiger partial charge in [0.1, 0.15) is 5.67 Å². The van der Waals surface area contributed by atoms with Crippen LogP contribution >= 0.6 is 0 Å². The average Bonchev–Trinajstić information content (AvgIpc) is 1.59. The summed E-state index contributed by atoms with van der Waals surface area (Å²) in [5.41, 5.74) is -1.29. The summed E-state index contributed by atoms with van der Waals surface area (Å²) in [6.07, 6.45) is 0.487. The van der Waals surface area contributed by atoms with Gasteiger partial charge in [-0.2, -0.15) is 0 Å². The molecule has 0 aliphatic rings. The van der Waals surface area contributed by atoms with Crippen molar-refractivity contribution in [3.05, 3.63) is 0 Å². The Kier molecular flexibility index (Phi) is 2.45. The Balaban J connectivity index is 3.24. The molecule has 0 rings (SSSR count). The molecule has 0 radical (unpaired) electrons. The van der Waals surface area contributed by atoms with Gasteiger partial charge in [-0.15, -0.1) is 0 Å². The molecule has 0 fully saturated rings. The van der Waals surface area contributed by atoms with Gasteiger partial charge >= 0.3 is 0 Å². The fourth-order valence-corrected chi connectivity index (χ4v) is 0.284. The van der Waals surface area contributed by atoms with Gasteiger partial charge in [-0.1, -0.05) is 0 Å². The summed E-state index contributed by atoms with van der Waals surface area (Å²) < 4.78 is 12.4. The minimum atomic E-state index is -1.29. The standard InChI is InChI=1S/C5H10FNO/c1-5(2,6)3-7-4-8/h4H,3H2,1-2H3,(H,7,8). The Morgan fingerprint density at radius 2 is 2.25 bits per heavy atom. The van der Waals surface area contributed by atoms with Crippen LogP contribution in [-0.4, -0.2) is 18.6 Å². The van der Waals surface area contributed by atoms with E-state index in [1.54, 1.807) is 0 Å². The summed E-state index contributed by atoms with van der Waals surface area (Å²) in [6.45, 7) is 2.89. The number of rotatable bonds is 3. The topological polar surface area (TPSA) is 29.1 Å². The molecule has 48 valence electrons. The highest BCUT2D eigenvalue weighted by molar-refractivity contribution is 5.45. The molecule has 0 atom stereocenters. The van der Waals surface area contributed by atoms with Gasteiger partial charge in [-0.05, 0) is 13.8 Å². The Morgan fingerprint density at radius 3 is 2.38 bits per heavy atom. The molecule has 0 aromatic heterocycles. The van der Waals surface area contributed by atoms with E-state index in [4.69, 9.17) is 0 Å². The minimum absolute atomic E-state index is 0.0799. The van der Waals surface area contributed by atoms with Crippen LogP contribution < -0.4 is 5.32 Å². The highest BCUT2D eigenvalue weighted by Gasteiger charge is 2.13. The number of carbonyl (C=O) groups is 1. The molecule has 1 amide bonds. The maximum absolute atomic E-state index is 12.4. The molecular formula is C5H10FNO. The van der Waals surface area contributed by atoms with Gasteiger partial charge in [0, 0.05) is 0 Å². The lowest BCUT2D eigenvalue weighted by molar-refractivity contribution is -0.110. The van der Waals surface area contributed by atoms with Crippen LogP contribution in [0.5, 0.6) is 0 Å². The molecule has 2 nitrogen and oxygen atoms in total. The van der Waals surface area contributed by atoms with E-state index >= 15 is 0 Å². The molecule has 0 saturated carbocycles. The Hall–Kier alpha value is -0.600. The normalized spacial score (nSPS) is 10.9. The van der Waals surface area contributed by atoms with Crippen LogP contribution in [0.3, 0.4) is 0 Å². The lowest BCUT2D eigenvalue weighted by atomic mass is 10.2. The van der Waals surface area contributed by atoms with E-state index in [0.717, 1.165) is 0 Å². The first kappa shape index (κ1) is 7.40. The van der Waals surface area contributed by atoms with Crippen LogP contribution in [0.2, 0.25) is 0 Å². The van der Waals surface area contributed by atoms with Gasteiger partial charge < -0.3 is 5.32 Å². The maximum atomic E-state index is 12.4. The van der Waals surface area contributed by atoms with Crippen molar-refractivity contribution in [1.82, 2.24) is 5.32 Å². The molecule has 0 aliphatic carbocycles. The highest BCUT2D eigenvalue weighted by atomic mass is 19.1. The minimum Gasteiger partial charge on any atom is -0.355 e. The van der Waals surface area contributed by atoms with Gasteiger partial charge in [-0.25, -0.2) is 4.39 Å². The van der Waals surface area contributed by atoms with E-state index in [1.807, 2.05) is 0 Å². The smallest absolute Gasteiger partial charge is 0.207 e. The molecule has 0 aliphatic heterocycles. The predicted molar refractivity (Wildman–Crippen MR) is 29.3 cm³/mol. The van der Waals surface area contributed by atoms with Crippen LogP contribution in [0.25, 0.3) is 0 Å². The van der Waals surface area contributed by atoms with E-state index in [2.05, 4.69) is 5.32 Å². The molecule has 8 heavy (non-hydrogen) atoms. The number of hydrogen-bond acceptors (Lipinski definition) is 1. The van der Waals surface area contributed by atoms with Crippen LogP contribution in [-0.2, 0) is 4.79 Å². The third kappa shape index (κ3) is 5.40. The van der Waals surface area contributed by atoms with Crippen molar-refractivity contribution < 1.29 is 9.18 Å². The maximum Gasteiger partial charge on any atom is 0.207 e. The van der Waals surface area contributed by atoms with Crippen molar-refractivity contribution in [1.29, 1.82) is 0 Å². The zero-order valence-corrected chi connectivity index (χ0v) is 5.07. The van der Waals surface area contributed by atoms with Gasteiger partial charge in [0.25, 0.3) is 0 Å². The fraction of sp³-hybridized carbons (Fsp3) is 0.800. The first-order valence-corrected chi connectivity index (χ1v) is 2.42. The monoisotopic (exact) mass is 119 g/mol. The Morgan fingerprint density at radius 1 is 1.75 bits per heavy atom. The van der Waals surface area contributed by atoms with Crippen molar-refractivity contribution in [3.63, 3.8) is 0 Å². The quantitative estimate of drug-likeness (QED) is 0.538. The third-order valence-corrected chi connectivity index (χ3v) is 0.606. The predicted octanol–water partition coefficient (Wildman–Crippen LogP) is 0.480. The summed E-state index contributed by atoms with van der Waals surface area (Å²) >= 11 is 0. The van der Waals surface area contributed by atoms with Gasteiger partial charge in [0.15, 0.2) is 0 Å². The summed E-state index contributed by atoms with van der Waals surface area (Å²) in [4.78, 5) is 9.57. The summed E-state index contributed by atoms with van der Waals surface area (Å²) in [5.74, 6) is 0. The molecular weight excluding hydrogens is 109 g/mol. The Bertz CT molecular complexity index is 77.0. The zero-order valence-electron chi connectivity index (χ0n) is 5.07. The molecule has 0 bridgehead atoms. The van der Waals surface area contributed by atoms with Gasteiger partial charge in [0.05, 0.1) is 6.54 Å². The van der Waals surface area contributed by atoms with Crippen molar-refractivity contribution in [2.24, 2.45) is 0 Å². The van der Waals surface area contributed by atoms with Crippen molar-refractivity contribution in [2.75, 3.05) is 6.54 Å². The summed E-state index contributed by atoms with van der Waals surface area (Å²) in [6, 6.07) is 0. The first-order valence-electron chi connectivity index (χ1n) is 2.42. The number of hydrogen-bond donors (Lipinski definition) is 1. The SMILES string of the molecule is CC(C)(F)CNC=O. The van der Waals surface area contributed by atoms with Crippen LogP contribution in [0, 0.1) is 0 Å². The number of amides is 1. The molecule has 0 unspecified atom stereocenters. The lowest BCUT2D eigenvalue weighted by Crippen LogP contribution is -2.29. The second kappa shape index (κ2) is 2.64. The third-order valence-electron chi connectivity index (χ3n) is 0.606. The van der Waals surface area contributed by atoms with Crippen LogP contribution in [0.15, 0.2) is 0 Å². The van der Waals surface area contributed by atoms with Gasteiger partial charge in [0.2, 0.25) is 6.41 Å². The second-order valence-electron chi connectivity index (χ2n) is 2.22. The molecule has 0 heterocycles. The number of halogens is 1. The summed E-state index contributed by atoms with van der Waals surface area (Å²) in [7, 11) is 0. The lowest BCUT2D eigenvalue weighted by Gasteiger charge is -2.11. The molecule has 0 saturated heterocycles. The average molecular weight is 119 g/mol. The zero-order chi connectivity index (χ0) is 6.62. The van der Waals surface area contributed by atoms with Gasteiger partial charge in [-0.3, -0.25) is 4.79 Å². The first-order chi connectivity index (χ1) is 3.56. The van der Waals surface area contributed by atoms with Crippen LogP contribution in [0.4, 0.5) is 4.39 Å². The van der Waals surface area contributed by atoms with E-state index in [1.165, 1.54) is 13.8 Å². The summed E-state index contributed by atoms with van der Waals surface area (Å²) in [5, 5.41) is 2.23. The molecule has 0 aromatic carbocycles. The number of nitrogens with one attached hydrogen (secondary N) is 1. The van der Waals surface area contributed by atoms with E-state index in [-0.39, 0.29) is 6.54 Å². The molecule has 0 aromatic rings. The number of carbonyl (C=O) groups excluding carboxylic acids is 1. The van der Waals surface area contributed by atoms with Crippen molar-refractivity contribution in [3.8, 4) is 0 Å². The van der Waals surface area contributed by atoms with E-state index < -0.39 is 5.67 Å². The number of alkyl halides is 1. The van der Waals surface area contributed by atoms with Crippen LogP contribution in [0.1, 0.15) is 13.8 Å². The largest absolute Gasteiger partial charge is 0.355 e. The van der Waals surface area contributed by atoms with Crippen molar-refractivity contribution in [2.45, 2.75) is 19.5 Å². The Labute approximate surface area is 48.1 Å². The molecule has 0 spiro atoms. The van der Waals surface area contributed by atoms with E-state index in [0.29, 0.717) is 6.41 Å². The highest BCUT2D eigenvalue weighted by Crippen LogP contribution is 2.03. The van der Waals surface area contributed by atoms with Crippen molar-refractivity contribution >= 4 is 6.41 Å². The van der Waals surface area contributed by atoms with E-state index in [9.17, 15) is 9.18 Å². The second-order valence-corrected chi connectivity index (χ2v) is 2.22. The fourth-order valence-electron chi connectivity index (χ4n) is 0.284. The molecule has 3 heteroatoms. The molecule has 1 N–H and O–H groups in total.